The summed E-state index contributed by atoms with van der Waals surface area (Å²) in [6.45, 7) is 4.06. The second-order valence-corrected chi connectivity index (χ2v) is 4.20. The molecule has 0 aliphatic heterocycles. The van der Waals surface area contributed by atoms with Crippen LogP contribution < -0.4 is 0 Å². The summed E-state index contributed by atoms with van der Waals surface area (Å²) in [5.74, 6) is 6.70. The Morgan fingerprint density at radius 1 is 1.27 bits per heavy atom. The minimum Gasteiger partial charge on any atom is -0.379 e. The van der Waals surface area contributed by atoms with Crippen molar-refractivity contribution in [2.75, 3.05) is 7.11 Å². The molecule has 0 spiro atoms. The van der Waals surface area contributed by atoms with Gasteiger partial charge in [-0.2, -0.15) is 0 Å². The molecule has 0 unspecified atom stereocenters. The van der Waals surface area contributed by atoms with Gasteiger partial charge in [0.15, 0.2) is 0 Å². The molecule has 1 aliphatic rings. The van der Waals surface area contributed by atoms with Gasteiger partial charge in [-0.1, -0.05) is 36.3 Å². The molecular weight excluding hydrogens is 184 g/mol. The van der Waals surface area contributed by atoms with E-state index in [4.69, 9.17) is 4.74 Å². The molecule has 1 saturated carbocycles. The van der Waals surface area contributed by atoms with Crippen LogP contribution in [0.1, 0.15) is 25.3 Å². The van der Waals surface area contributed by atoms with Crippen LogP contribution in [0.2, 0.25) is 0 Å². The SMILES string of the molecule is CC#C[C@@]1(C)[C@H](c2ccccc2)[C@@H]1OC. The van der Waals surface area contributed by atoms with Crippen LogP contribution in [0.3, 0.4) is 0 Å². The Morgan fingerprint density at radius 2 is 1.93 bits per heavy atom. The van der Waals surface area contributed by atoms with Crippen molar-refractivity contribution in [2.24, 2.45) is 5.41 Å². The minimum atomic E-state index is 0.00481. The van der Waals surface area contributed by atoms with E-state index in [2.05, 4.69) is 43.0 Å². The molecule has 0 bridgehead atoms. The Hall–Kier alpha value is -1.26. The Morgan fingerprint density at radius 3 is 2.47 bits per heavy atom. The Bertz CT molecular complexity index is 398. The van der Waals surface area contributed by atoms with Crippen LogP contribution in [0, 0.1) is 17.3 Å². The van der Waals surface area contributed by atoms with Gasteiger partial charge in [-0.15, -0.1) is 5.92 Å². The lowest BCUT2D eigenvalue weighted by molar-refractivity contribution is 0.158. The summed E-state index contributed by atoms with van der Waals surface area (Å²) in [5, 5.41) is 0. The molecule has 1 fully saturated rings. The van der Waals surface area contributed by atoms with Crippen LogP contribution in [-0.2, 0) is 4.74 Å². The van der Waals surface area contributed by atoms with Crippen molar-refractivity contribution in [3.8, 4) is 11.8 Å². The second-order valence-electron chi connectivity index (χ2n) is 4.20. The highest BCUT2D eigenvalue weighted by molar-refractivity contribution is 5.41. The van der Waals surface area contributed by atoms with Crippen LogP contribution in [0.4, 0.5) is 0 Å². The van der Waals surface area contributed by atoms with E-state index >= 15 is 0 Å². The van der Waals surface area contributed by atoms with Gasteiger partial charge in [0.1, 0.15) is 0 Å². The molecule has 1 aromatic carbocycles. The van der Waals surface area contributed by atoms with Crippen molar-refractivity contribution >= 4 is 0 Å². The number of ether oxygens (including phenoxy) is 1. The summed E-state index contributed by atoms with van der Waals surface area (Å²) in [5.41, 5.74) is 1.33. The van der Waals surface area contributed by atoms with Gasteiger partial charge in [-0.05, 0) is 19.4 Å². The summed E-state index contributed by atoms with van der Waals surface area (Å²) < 4.78 is 5.49. The van der Waals surface area contributed by atoms with Crippen molar-refractivity contribution in [1.29, 1.82) is 0 Å². The van der Waals surface area contributed by atoms with Crippen molar-refractivity contribution in [2.45, 2.75) is 25.9 Å². The summed E-state index contributed by atoms with van der Waals surface area (Å²) in [4.78, 5) is 0. The normalized spacial score (nSPS) is 33.0. The fraction of sp³-hybridized carbons (Fsp3) is 0.429. The van der Waals surface area contributed by atoms with Gasteiger partial charge in [0, 0.05) is 13.0 Å². The molecule has 1 aliphatic carbocycles. The van der Waals surface area contributed by atoms with Gasteiger partial charge in [0.05, 0.1) is 11.5 Å². The third kappa shape index (κ3) is 1.56. The summed E-state index contributed by atoms with van der Waals surface area (Å²) in [6.07, 6.45) is 0.243. The fourth-order valence-electron chi connectivity index (χ4n) is 2.45. The molecule has 0 N–H and O–H groups in total. The van der Waals surface area contributed by atoms with Crippen molar-refractivity contribution in [1.82, 2.24) is 0 Å². The molecule has 1 heteroatoms. The highest BCUT2D eigenvalue weighted by Crippen LogP contribution is 2.60. The Kier molecular flexibility index (Phi) is 2.54. The predicted molar refractivity (Wildman–Crippen MR) is 61.5 cm³/mol. The zero-order chi connectivity index (χ0) is 10.9. The molecule has 2 rings (SSSR count). The first-order valence-corrected chi connectivity index (χ1v) is 5.25. The van der Waals surface area contributed by atoms with Gasteiger partial charge in [-0.3, -0.25) is 0 Å². The average Bonchev–Trinajstić information content (AvgIpc) is 2.85. The van der Waals surface area contributed by atoms with Crippen LogP contribution >= 0.6 is 0 Å². The van der Waals surface area contributed by atoms with Gasteiger partial charge in [-0.25, -0.2) is 0 Å². The van der Waals surface area contributed by atoms with E-state index < -0.39 is 0 Å². The molecule has 1 nitrogen and oxygen atoms in total. The topological polar surface area (TPSA) is 9.23 Å². The summed E-state index contributed by atoms with van der Waals surface area (Å²) in [7, 11) is 1.77. The maximum Gasteiger partial charge on any atom is 0.0824 e. The largest absolute Gasteiger partial charge is 0.379 e. The Balaban J connectivity index is 2.28. The average molecular weight is 200 g/mol. The van der Waals surface area contributed by atoms with Gasteiger partial charge in [0.25, 0.3) is 0 Å². The fourth-order valence-corrected chi connectivity index (χ4v) is 2.45. The zero-order valence-corrected chi connectivity index (χ0v) is 9.45. The molecule has 3 atom stereocenters. The van der Waals surface area contributed by atoms with Crippen LogP contribution in [-0.4, -0.2) is 13.2 Å². The van der Waals surface area contributed by atoms with E-state index in [-0.39, 0.29) is 11.5 Å². The second kappa shape index (κ2) is 3.72. The van der Waals surface area contributed by atoms with Crippen molar-refractivity contribution < 1.29 is 4.74 Å². The van der Waals surface area contributed by atoms with Crippen molar-refractivity contribution in [3.05, 3.63) is 35.9 Å². The molecule has 15 heavy (non-hydrogen) atoms. The first kappa shape index (κ1) is 10.3. The molecule has 0 radical (unpaired) electrons. The van der Waals surface area contributed by atoms with Crippen molar-refractivity contribution in [3.63, 3.8) is 0 Å². The highest BCUT2D eigenvalue weighted by atomic mass is 16.5. The lowest BCUT2D eigenvalue weighted by atomic mass is 10.0. The lowest BCUT2D eigenvalue weighted by Gasteiger charge is -2.00. The molecule has 0 aromatic heterocycles. The monoisotopic (exact) mass is 200 g/mol. The molecule has 78 valence electrons. The first-order chi connectivity index (χ1) is 7.24. The van der Waals surface area contributed by atoms with E-state index in [0.29, 0.717) is 5.92 Å². The summed E-state index contributed by atoms with van der Waals surface area (Å²) in [6, 6.07) is 10.5. The summed E-state index contributed by atoms with van der Waals surface area (Å²) >= 11 is 0. The number of benzene rings is 1. The van der Waals surface area contributed by atoms with Crippen LogP contribution in [0.25, 0.3) is 0 Å². The molecule has 0 heterocycles. The van der Waals surface area contributed by atoms with Crippen LogP contribution in [0.5, 0.6) is 0 Å². The number of methoxy groups -OCH3 is 1. The number of hydrogen-bond acceptors (Lipinski definition) is 1. The maximum atomic E-state index is 5.49. The third-order valence-electron chi connectivity index (χ3n) is 3.24. The quantitative estimate of drug-likeness (QED) is 0.667. The molecule has 0 amide bonds. The van der Waals surface area contributed by atoms with Crippen LogP contribution in [0.15, 0.2) is 30.3 Å². The zero-order valence-electron chi connectivity index (χ0n) is 9.45. The smallest absolute Gasteiger partial charge is 0.0824 e. The standard InChI is InChI=1S/C14H16O/c1-4-10-14(2)12(13(14)15-3)11-8-6-5-7-9-11/h5-9,12-13H,1-3H3/t12-,13+,14+/m1/s1. The molecular formula is C14H16O. The van der Waals surface area contributed by atoms with Gasteiger partial charge in [0.2, 0.25) is 0 Å². The number of rotatable bonds is 2. The number of hydrogen-bond donors (Lipinski definition) is 0. The maximum absolute atomic E-state index is 5.49. The minimum absolute atomic E-state index is 0.00481. The van der Waals surface area contributed by atoms with Gasteiger partial charge >= 0.3 is 0 Å². The Labute approximate surface area is 91.5 Å². The molecule has 1 aromatic rings. The van der Waals surface area contributed by atoms with E-state index in [0.717, 1.165) is 0 Å². The van der Waals surface area contributed by atoms with E-state index in [1.807, 2.05) is 13.0 Å². The van der Waals surface area contributed by atoms with E-state index in [9.17, 15) is 0 Å². The lowest BCUT2D eigenvalue weighted by Crippen LogP contribution is -1.99. The highest BCUT2D eigenvalue weighted by Gasteiger charge is 2.62. The van der Waals surface area contributed by atoms with E-state index in [1.54, 1.807) is 7.11 Å². The molecule has 0 saturated heterocycles. The third-order valence-corrected chi connectivity index (χ3v) is 3.24. The van der Waals surface area contributed by atoms with Gasteiger partial charge < -0.3 is 4.74 Å². The predicted octanol–water partition coefficient (Wildman–Crippen LogP) is 2.83. The van der Waals surface area contributed by atoms with E-state index in [1.165, 1.54) is 5.56 Å². The first-order valence-electron chi connectivity index (χ1n) is 5.25.